The topological polar surface area (TPSA) is 37.8 Å². The van der Waals surface area contributed by atoms with Crippen molar-refractivity contribution in [2.24, 2.45) is 11.8 Å². The predicted octanol–water partition coefficient (Wildman–Crippen LogP) is 4.91. The van der Waals surface area contributed by atoms with Gasteiger partial charge in [0.2, 0.25) is 5.28 Å². The van der Waals surface area contributed by atoms with Gasteiger partial charge in [-0.3, -0.25) is 0 Å². The first-order chi connectivity index (χ1) is 10.3. The number of rotatable bonds is 4. The van der Waals surface area contributed by atoms with Crippen LogP contribution in [0.15, 0.2) is 24.3 Å². The van der Waals surface area contributed by atoms with E-state index in [1.54, 1.807) is 0 Å². The molecule has 1 N–H and O–H groups in total. The SMILES string of the molecule is CCC1CCC(CNc2nc(Cl)nc3ccccc23)CC1. The molecule has 1 saturated carbocycles. The van der Waals surface area contributed by atoms with E-state index in [9.17, 15) is 0 Å². The molecule has 4 heteroatoms. The van der Waals surface area contributed by atoms with Crippen LogP contribution in [0.25, 0.3) is 10.9 Å². The molecule has 0 radical (unpaired) electrons. The number of nitrogens with zero attached hydrogens (tertiary/aromatic N) is 2. The molecule has 0 bridgehead atoms. The Bertz CT molecular complexity index is 606. The Labute approximate surface area is 131 Å². The Morgan fingerprint density at radius 3 is 2.57 bits per heavy atom. The molecule has 1 aliphatic rings. The van der Waals surface area contributed by atoms with E-state index >= 15 is 0 Å². The lowest BCUT2D eigenvalue weighted by molar-refractivity contribution is 0.278. The maximum absolute atomic E-state index is 6.02. The van der Waals surface area contributed by atoms with Crippen LogP contribution in [-0.2, 0) is 0 Å². The van der Waals surface area contributed by atoms with E-state index in [2.05, 4.69) is 22.2 Å². The number of halogens is 1. The van der Waals surface area contributed by atoms with E-state index in [1.807, 2.05) is 24.3 Å². The Balaban J connectivity index is 1.68. The zero-order chi connectivity index (χ0) is 14.7. The molecule has 0 atom stereocenters. The number of benzene rings is 1. The van der Waals surface area contributed by atoms with E-state index in [1.165, 1.54) is 32.1 Å². The largest absolute Gasteiger partial charge is 0.369 e. The van der Waals surface area contributed by atoms with Gasteiger partial charge in [-0.15, -0.1) is 0 Å². The Hall–Kier alpha value is -1.35. The molecule has 1 fully saturated rings. The van der Waals surface area contributed by atoms with Gasteiger partial charge in [-0.25, -0.2) is 9.97 Å². The second-order valence-electron chi connectivity index (χ2n) is 6.03. The molecule has 1 aliphatic carbocycles. The zero-order valence-electron chi connectivity index (χ0n) is 12.5. The number of nitrogens with one attached hydrogen (secondary N) is 1. The fraction of sp³-hybridized carbons (Fsp3) is 0.529. The first kappa shape index (κ1) is 14.6. The average Bonchev–Trinajstić information content (AvgIpc) is 2.53. The summed E-state index contributed by atoms with van der Waals surface area (Å²) in [4.78, 5) is 8.63. The molecule has 3 nitrogen and oxygen atoms in total. The van der Waals surface area contributed by atoms with Crippen molar-refractivity contribution in [1.82, 2.24) is 9.97 Å². The third-order valence-electron chi connectivity index (χ3n) is 4.68. The van der Waals surface area contributed by atoms with Crippen LogP contribution in [0.1, 0.15) is 39.0 Å². The minimum absolute atomic E-state index is 0.311. The summed E-state index contributed by atoms with van der Waals surface area (Å²) in [5.74, 6) is 2.55. The number of para-hydroxylation sites is 1. The normalized spacial score (nSPS) is 22.4. The van der Waals surface area contributed by atoms with Crippen LogP contribution in [0.2, 0.25) is 5.28 Å². The van der Waals surface area contributed by atoms with E-state index in [-0.39, 0.29) is 0 Å². The number of fused-ring (bicyclic) bond motifs is 1. The first-order valence-electron chi connectivity index (χ1n) is 7.92. The molecule has 1 aromatic carbocycles. The lowest BCUT2D eigenvalue weighted by Crippen LogP contribution is -2.21. The van der Waals surface area contributed by atoms with Crippen molar-refractivity contribution < 1.29 is 0 Å². The number of aromatic nitrogens is 2. The molecular weight excluding hydrogens is 282 g/mol. The summed E-state index contributed by atoms with van der Waals surface area (Å²) in [6.45, 7) is 3.28. The van der Waals surface area contributed by atoms with E-state index in [0.717, 1.165) is 35.1 Å². The van der Waals surface area contributed by atoms with Gasteiger partial charge in [0.1, 0.15) is 5.82 Å². The van der Waals surface area contributed by atoms with Crippen molar-refractivity contribution in [2.75, 3.05) is 11.9 Å². The lowest BCUT2D eigenvalue weighted by Gasteiger charge is -2.28. The summed E-state index contributed by atoms with van der Waals surface area (Å²) in [5, 5.41) is 4.85. The van der Waals surface area contributed by atoms with Gasteiger partial charge in [0, 0.05) is 11.9 Å². The van der Waals surface area contributed by atoms with Crippen molar-refractivity contribution >= 4 is 28.3 Å². The summed E-state index contributed by atoms with van der Waals surface area (Å²) in [6, 6.07) is 8.00. The minimum Gasteiger partial charge on any atom is -0.369 e. The third-order valence-corrected chi connectivity index (χ3v) is 4.85. The standard InChI is InChI=1S/C17H22ClN3/c1-2-12-7-9-13(10-8-12)11-19-16-14-5-3-4-6-15(14)20-17(18)21-16/h3-6,12-13H,2,7-11H2,1H3,(H,19,20,21). The summed E-state index contributed by atoms with van der Waals surface area (Å²) >= 11 is 6.02. The van der Waals surface area contributed by atoms with E-state index < -0.39 is 0 Å². The van der Waals surface area contributed by atoms with Crippen LogP contribution in [-0.4, -0.2) is 16.5 Å². The maximum atomic E-state index is 6.02. The van der Waals surface area contributed by atoms with Crippen LogP contribution in [0.5, 0.6) is 0 Å². The number of hydrogen-bond donors (Lipinski definition) is 1. The van der Waals surface area contributed by atoms with Gasteiger partial charge >= 0.3 is 0 Å². The molecule has 0 saturated heterocycles. The molecule has 0 spiro atoms. The summed E-state index contributed by atoms with van der Waals surface area (Å²) in [6.07, 6.45) is 6.71. The smallest absolute Gasteiger partial charge is 0.224 e. The summed E-state index contributed by atoms with van der Waals surface area (Å²) < 4.78 is 0. The van der Waals surface area contributed by atoms with Gasteiger partial charge in [0.25, 0.3) is 0 Å². The molecule has 0 amide bonds. The minimum atomic E-state index is 0.311. The highest BCUT2D eigenvalue weighted by Gasteiger charge is 2.20. The quantitative estimate of drug-likeness (QED) is 0.815. The number of hydrogen-bond acceptors (Lipinski definition) is 3. The van der Waals surface area contributed by atoms with Crippen LogP contribution in [0, 0.1) is 11.8 Å². The molecule has 1 aromatic heterocycles. The van der Waals surface area contributed by atoms with Gasteiger partial charge in [-0.05, 0) is 48.4 Å². The van der Waals surface area contributed by atoms with E-state index in [4.69, 9.17) is 11.6 Å². The Kier molecular flexibility index (Phi) is 4.59. The molecule has 21 heavy (non-hydrogen) atoms. The molecule has 0 unspecified atom stereocenters. The number of anilines is 1. The fourth-order valence-corrected chi connectivity index (χ4v) is 3.44. The van der Waals surface area contributed by atoms with Crippen molar-refractivity contribution in [2.45, 2.75) is 39.0 Å². The van der Waals surface area contributed by atoms with E-state index in [0.29, 0.717) is 5.28 Å². The second kappa shape index (κ2) is 6.61. The molecule has 2 aromatic rings. The predicted molar refractivity (Wildman–Crippen MR) is 88.8 cm³/mol. The van der Waals surface area contributed by atoms with Crippen LogP contribution in [0.4, 0.5) is 5.82 Å². The zero-order valence-corrected chi connectivity index (χ0v) is 13.2. The fourth-order valence-electron chi connectivity index (χ4n) is 3.27. The molecule has 112 valence electrons. The van der Waals surface area contributed by atoms with Crippen molar-refractivity contribution in [3.63, 3.8) is 0 Å². The highest BCUT2D eigenvalue weighted by Crippen LogP contribution is 2.31. The lowest BCUT2D eigenvalue weighted by atomic mass is 9.81. The Morgan fingerprint density at radius 2 is 1.81 bits per heavy atom. The van der Waals surface area contributed by atoms with Crippen LogP contribution < -0.4 is 5.32 Å². The van der Waals surface area contributed by atoms with Gasteiger partial charge in [-0.2, -0.15) is 0 Å². The Morgan fingerprint density at radius 1 is 1.10 bits per heavy atom. The second-order valence-corrected chi connectivity index (χ2v) is 6.37. The molecule has 1 heterocycles. The third kappa shape index (κ3) is 3.46. The summed E-state index contributed by atoms with van der Waals surface area (Å²) in [5.41, 5.74) is 0.898. The average molecular weight is 304 g/mol. The maximum Gasteiger partial charge on any atom is 0.224 e. The first-order valence-corrected chi connectivity index (χ1v) is 8.30. The van der Waals surface area contributed by atoms with Gasteiger partial charge < -0.3 is 5.32 Å². The highest BCUT2D eigenvalue weighted by atomic mass is 35.5. The van der Waals surface area contributed by atoms with Crippen LogP contribution in [0.3, 0.4) is 0 Å². The molecule has 3 rings (SSSR count). The van der Waals surface area contributed by atoms with Gasteiger partial charge in [-0.1, -0.05) is 38.3 Å². The molecule has 0 aliphatic heterocycles. The van der Waals surface area contributed by atoms with Crippen LogP contribution >= 0.6 is 11.6 Å². The van der Waals surface area contributed by atoms with Gasteiger partial charge in [0.15, 0.2) is 0 Å². The molecular formula is C17H22ClN3. The van der Waals surface area contributed by atoms with Crippen molar-refractivity contribution in [3.05, 3.63) is 29.5 Å². The highest BCUT2D eigenvalue weighted by molar-refractivity contribution is 6.28. The van der Waals surface area contributed by atoms with Crippen molar-refractivity contribution in [1.29, 1.82) is 0 Å². The monoisotopic (exact) mass is 303 g/mol. The summed E-state index contributed by atoms with van der Waals surface area (Å²) in [7, 11) is 0. The van der Waals surface area contributed by atoms with Gasteiger partial charge in [0.05, 0.1) is 5.52 Å². The van der Waals surface area contributed by atoms with Crippen molar-refractivity contribution in [3.8, 4) is 0 Å².